The second-order valence-electron chi connectivity index (χ2n) is 6.55. The Morgan fingerprint density at radius 1 is 1.24 bits per heavy atom. The molecule has 0 bridgehead atoms. The van der Waals surface area contributed by atoms with Crippen molar-refractivity contribution in [2.24, 2.45) is 5.92 Å². The van der Waals surface area contributed by atoms with E-state index >= 15 is 0 Å². The second-order valence-corrected chi connectivity index (χ2v) is 8.19. The van der Waals surface area contributed by atoms with Crippen LogP contribution in [-0.4, -0.2) is 30.9 Å². The van der Waals surface area contributed by atoms with Gasteiger partial charge in [-0.05, 0) is 52.7 Å². The first-order valence-electron chi connectivity index (χ1n) is 8.74. The van der Waals surface area contributed by atoms with Gasteiger partial charge in [0, 0.05) is 23.1 Å². The number of amides is 2. The van der Waals surface area contributed by atoms with Crippen molar-refractivity contribution in [1.29, 1.82) is 0 Å². The number of nitrogens with zero attached hydrogens (tertiary/aromatic N) is 1. The van der Waals surface area contributed by atoms with Crippen LogP contribution in [0.1, 0.15) is 12.0 Å². The van der Waals surface area contributed by atoms with Crippen LogP contribution in [0, 0.1) is 12.8 Å². The van der Waals surface area contributed by atoms with Gasteiger partial charge in [0.25, 0.3) is 5.91 Å². The first-order chi connectivity index (χ1) is 13.8. The van der Waals surface area contributed by atoms with E-state index in [2.05, 4.69) is 21.2 Å². The normalized spacial score (nSPS) is 16.1. The van der Waals surface area contributed by atoms with Crippen molar-refractivity contribution in [1.82, 2.24) is 0 Å². The number of carbonyl (C=O) groups is 3. The third-order valence-corrected chi connectivity index (χ3v) is 6.26. The zero-order valence-electron chi connectivity index (χ0n) is 15.4. The molecule has 0 saturated carbocycles. The smallest absolute Gasteiger partial charge is 0.311 e. The van der Waals surface area contributed by atoms with E-state index in [0.29, 0.717) is 27.0 Å². The molecule has 0 spiro atoms. The maximum Gasteiger partial charge on any atom is 0.311 e. The Bertz CT molecular complexity index is 983. The van der Waals surface area contributed by atoms with Crippen molar-refractivity contribution >= 4 is 68.3 Å². The maximum atomic E-state index is 12.3. The van der Waals surface area contributed by atoms with E-state index in [1.165, 1.54) is 4.90 Å². The van der Waals surface area contributed by atoms with Crippen molar-refractivity contribution in [3.8, 4) is 0 Å². The van der Waals surface area contributed by atoms with Crippen LogP contribution < -0.4 is 10.2 Å². The largest absolute Gasteiger partial charge is 0.455 e. The van der Waals surface area contributed by atoms with Crippen molar-refractivity contribution < 1.29 is 19.1 Å². The molecule has 152 valence electrons. The molecule has 0 aromatic heterocycles. The molecule has 2 amide bonds. The summed E-state index contributed by atoms with van der Waals surface area (Å²) in [5.74, 6) is -1.97. The summed E-state index contributed by atoms with van der Waals surface area (Å²) in [7, 11) is 0. The molecule has 1 heterocycles. The number of ether oxygens (including phenoxy) is 1. The Morgan fingerprint density at radius 2 is 1.97 bits per heavy atom. The number of para-hydroxylation sites is 1. The van der Waals surface area contributed by atoms with Gasteiger partial charge in [0.2, 0.25) is 5.91 Å². The molecule has 0 unspecified atom stereocenters. The molecule has 0 radical (unpaired) electrons. The van der Waals surface area contributed by atoms with Gasteiger partial charge in [-0.3, -0.25) is 14.4 Å². The predicted molar refractivity (Wildman–Crippen MR) is 115 cm³/mol. The van der Waals surface area contributed by atoms with Crippen LogP contribution in [0.3, 0.4) is 0 Å². The lowest BCUT2D eigenvalue weighted by molar-refractivity contribution is -0.151. The number of anilines is 2. The first-order valence-corrected chi connectivity index (χ1v) is 10.3. The van der Waals surface area contributed by atoms with Gasteiger partial charge in [-0.15, -0.1) is 0 Å². The fourth-order valence-electron chi connectivity index (χ4n) is 3.00. The third-order valence-electron chi connectivity index (χ3n) is 4.56. The van der Waals surface area contributed by atoms with Gasteiger partial charge >= 0.3 is 5.97 Å². The second kappa shape index (κ2) is 9.15. The van der Waals surface area contributed by atoms with E-state index in [1.54, 1.807) is 43.3 Å². The number of halogens is 3. The summed E-state index contributed by atoms with van der Waals surface area (Å²) in [6.07, 6.45) is 0.00705. The fourth-order valence-corrected chi connectivity index (χ4v) is 3.83. The Balaban J connectivity index is 1.56. The number of hydrogen-bond acceptors (Lipinski definition) is 4. The Labute approximate surface area is 186 Å². The van der Waals surface area contributed by atoms with Crippen molar-refractivity contribution in [2.75, 3.05) is 23.4 Å². The quantitative estimate of drug-likeness (QED) is 0.610. The highest BCUT2D eigenvalue weighted by Gasteiger charge is 2.37. The SMILES string of the molecule is Cc1c(NC(=O)COC(=O)[C@@H]2CC(=O)N(c3ccccc3Cl)C2)ccc(Br)c1Cl. The van der Waals surface area contributed by atoms with Gasteiger partial charge in [0.1, 0.15) is 0 Å². The molecule has 1 aliphatic rings. The van der Waals surface area contributed by atoms with E-state index in [0.717, 1.165) is 4.47 Å². The van der Waals surface area contributed by atoms with E-state index in [-0.39, 0.29) is 18.9 Å². The third kappa shape index (κ3) is 4.91. The fraction of sp³-hybridized carbons (Fsp3) is 0.250. The molecule has 1 N–H and O–H groups in total. The average Bonchev–Trinajstić information content (AvgIpc) is 3.08. The molecular weight excluding hydrogens is 483 g/mol. The zero-order valence-corrected chi connectivity index (χ0v) is 18.5. The van der Waals surface area contributed by atoms with Gasteiger partial charge in [-0.25, -0.2) is 0 Å². The van der Waals surface area contributed by atoms with Crippen molar-refractivity contribution in [3.63, 3.8) is 0 Å². The highest BCUT2D eigenvalue weighted by Crippen LogP contribution is 2.32. The predicted octanol–water partition coefficient (Wildman–Crippen LogP) is 4.60. The lowest BCUT2D eigenvalue weighted by Crippen LogP contribution is -2.28. The molecule has 0 aliphatic carbocycles. The Hall–Kier alpha value is -2.09. The van der Waals surface area contributed by atoms with Crippen LogP contribution >= 0.6 is 39.1 Å². The molecule has 1 fully saturated rings. The summed E-state index contributed by atoms with van der Waals surface area (Å²) in [5.41, 5.74) is 1.77. The van der Waals surface area contributed by atoms with E-state index in [1.807, 2.05) is 0 Å². The molecular formula is C20H17BrCl2N2O4. The monoisotopic (exact) mass is 498 g/mol. The minimum atomic E-state index is -0.657. The van der Waals surface area contributed by atoms with Crippen LogP contribution in [-0.2, 0) is 19.1 Å². The number of carbonyl (C=O) groups excluding carboxylic acids is 3. The topological polar surface area (TPSA) is 75.7 Å². The molecule has 2 aromatic rings. The Morgan fingerprint density at radius 3 is 2.69 bits per heavy atom. The minimum Gasteiger partial charge on any atom is -0.455 e. The number of nitrogens with one attached hydrogen (secondary N) is 1. The summed E-state index contributed by atoms with van der Waals surface area (Å²) < 4.78 is 5.83. The lowest BCUT2D eigenvalue weighted by Gasteiger charge is -2.17. The standard InChI is InChI=1S/C20H17BrCl2N2O4/c1-11-15(7-6-13(21)19(11)23)24-17(26)10-29-20(28)12-8-18(27)25(9-12)16-5-3-2-4-14(16)22/h2-7,12H,8-10H2,1H3,(H,24,26)/t12-/m1/s1. The van der Waals surface area contributed by atoms with Gasteiger partial charge in [-0.1, -0.05) is 35.3 Å². The molecule has 29 heavy (non-hydrogen) atoms. The number of esters is 1. The molecule has 9 heteroatoms. The van der Waals surface area contributed by atoms with Gasteiger partial charge in [0.05, 0.1) is 21.7 Å². The molecule has 6 nitrogen and oxygen atoms in total. The van der Waals surface area contributed by atoms with Gasteiger partial charge in [-0.2, -0.15) is 0 Å². The minimum absolute atomic E-state index is 0.00705. The first kappa shape index (κ1) is 21.6. The van der Waals surface area contributed by atoms with E-state index < -0.39 is 24.4 Å². The highest BCUT2D eigenvalue weighted by molar-refractivity contribution is 9.10. The molecule has 2 aromatic carbocycles. The summed E-state index contributed by atoms with van der Waals surface area (Å²) in [5, 5.41) is 3.58. The summed E-state index contributed by atoms with van der Waals surface area (Å²) in [6.45, 7) is 1.47. The summed E-state index contributed by atoms with van der Waals surface area (Å²) in [6, 6.07) is 10.3. The number of hydrogen-bond donors (Lipinski definition) is 1. The van der Waals surface area contributed by atoms with Crippen molar-refractivity contribution in [3.05, 3.63) is 56.5 Å². The maximum absolute atomic E-state index is 12.3. The van der Waals surface area contributed by atoms with Gasteiger partial charge in [0.15, 0.2) is 6.61 Å². The number of rotatable bonds is 5. The van der Waals surface area contributed by atoms with Crippen LogP contribution in [0.4, 0.5) is 11.4 Å². The average molecular weight is 500 g/mol. The van der Waals surface area contributed by atoms with E-state index in [9.17, 15) is 14.4 Å². The molecule has 3 rings (SSSR count). The van der Waals surface area contributed by atoms with Gasteiger partial charge < -0.3 is 15.0 Å². The summed E-state index contributed by atoms with van der Waals surface area (Å²) in [4.78, 5) is 38.2. The Kier molecular flexibility index (Phi) is 6.82. The lowest BCUT2D eigenvalue weighted by atomic mass is 10.1. The highest BCUT2D eigenvalue weighted by atomic mass is 79.9. The molecule has 1 aliphatic heterocycles. The van der Waals surface area contributed by atoms with E-state index in [4.69, 9.17) is 27.9 Å². The number of benzene rings is 2. The van der Waals surface area contributed by atoms with Crippen molar-refractivity contribution in [2.45, 2.75) is 13.3 Å². The van der Waals surface area contributed by atoms with Crippen LogP contribution in [0.2, 0.25) is 10.0 Å². The molecule has 1 atom stereocenters. The zero-order chi connectivity index (χ0) is 21.1. The van der Waals surface area contributed by atoms with Crippen LogP contribution in [0.25, 0.3) is 0 Å². The van der Waals surface area contributed by atoms with Crippen LogP contribution in [0.15, 0.2) is 40.9 Å². The summed E-state index contributed by atoms with van der Waals surface area (Å²) >= 11 is 15.6. The molecule has 1 saturated heterocycles. The van der Waals surface area contributed by atoms with Crippen LogP contribution in [0.5, 0.6) is 0 Å².